The number of fused-ring (bicyclic) bond motifs is 1. The number of rotatable bonds is 6. The number of benzene rings is 2. The van der Waals surface area contributed by atoms with E-state index >= 15 is 0 Å². The summed E-state index contributed by atoms with van der Waals surface area (Å²) in [4.78, 5) is 43.9. The first kappa shape index (κ1) is 24.5. The minimum Gasteiger partial charge on any atom is -0.364 e. The van der Waals surface area contributed by atoms with Crippen molar-refractivity contribution in [2.24, 2.45) is 5.73 Å². The second kappa shape index (κ2) is 9.67. The zero-order chi connectivity index (χ0) is 25.6. The maximum absolute atomic E-state index is 13.9. The number of thioether (sulfide) groups is 2. The van der Waals surface area contributed by atoms with E-state index < -0.39 is 5.91 Å². The molecule has 5 rings (SSSR count). The normalized spacial score (nSPS) is 15.5. The molecule has 0 atom stereocenters. The van der Waals surface area contributed by atoms with Crippen LogP contribution < -0.4 is 15.5 Å². The van der Waals surface area contributed by atoms with Crippen LogP contribution in [0.1, 0.15) is 44.9 Å². The molecule has 36 heavy (non-hydrogen) atoms. The maximum atomic E-state index is 13.9. The summed E-state index contributed by atoms with van der Waals surface area (Å²) < 4.78 is 1.58. The zero-order valence-electron chi connectivity index (χ0n) is 20.4. The standard InChI is InChI=1S/C26H27N5O3S2/c1-15-13-16(6-8-19(15)30-11-4-5-22(30)32)29-12-10-18-23(25(27)33)28-31(24(18)26(29)34)20-14-17(35-2)7-9-21(20)36-3/h6-9,13-14H,4-5,10-12H2,1-3H3,(H2,27,33). The third kappa shape index (κ3) is 4.08. The number of aromatic nitrogens is 2. The molecule has 0 aliphatic carbocycles. The van der Waals surface area contributed by atoms with Gasteiger partial charge >= 0.3 is 0 Å². The lowest BCUT2D eigenvalue weighted by Gasteiger charge is -2.29. The highest BCUT2D eigenvalue weighted by Crippen LogP contribution is 2.35. The molecule has 186 valence electrons. The van der Waals surface area contributed by atoms with Gasteiger partial charge in [-0.15, -0.1) is 23.5 Å². The number of anilines is 2. The van der Waals surface area contributed by atoms with E-state index in [4.69, 9.17) is 5.73 Å². The summed E-state index contributed by atoms with van der Waals surface area (Å²) in [5.41, 5.74) is 10.1. The lowest BCUT2D eigenvalue weighted by molar-refractivity contribution is -0.117. The molecule has 1 fully saturated rings. The van der Waals surface area contributed by atoms with Crippen molar-refractivity contribution in [3.63, 3.8) is 0 Å². The molecule has 2 aromatic carbocycles. The molecule has 1 saturated heterocycles. The summed E-state index contributed by atoms with van der Waals surface area (Å²) in [5, 5.41) is 4.54. The number of hydrogen-bond donors (Lipinski definition) is 1. The van der Waals surface area contributed by atoms with Gasteiger partial charge in [0.05, 0.1) is 5.69 Å². The number of amides is 3. The minimum absolute atomic E-state index is 0.129. The SMILES string of the molecule is CSc1ccc(SC)c(-n2nc(C(N)=O)c3c2C(=O)N(c2ccc(N4CCCC4=O)c(C)c2)CC3)c1. The van der Waals surface area contributed by atoms with Crippen LogP contribution in [0.15, 0.2) is 46.2 Å². The van der Waals surface area contributed by atoms with Crippen LogP contribution in [-0.4, -0.2) is 53.1 Å². The summed E-state index contributed by atoms with van der Waals surface area (Å²) in [6, 6.07) is 11.7. The van der Waals surface area contributed by atoms with Crippen molar-refractivity contribution in [1.82, 2.24) is 9.78 Å². The Morgan fingerprint density at radius 3 is 2.42 bits per heavy atom. The highest BCUT2D eigenvalue weighted by Gasteiger charge is 2.35. The molecule has 1 aromatic heterocycles. The Morgan fingerprint density at radius 2 is 1.78 bits per heavy atom. The largest absolute Gasteiger partial charge is 0.364 e. The molecular formula is C26H27N5O3S2. The van der Waals surface area contributed by atoms with Crippen LogP contribution in [0.2, 0.25) is 0 Å². The molecule has 2 aliphatic rings. The van der Waals surface area contributed by atoms with E-state index in [2.05, 4.69) is 5.10 Å². The Hall–Kier alpha value is -3.24. The molecule has 8 nitrogen and oxygen atoms in total. The van der Waals surface area contributed by atoms with E-state index in [1.807, 2.05) is 60.7 Å². The molecule has 0 bridgehead atoms. The zero-order valence-corrected chi connectivity index (χ0v) is 22.0. The molecule has 0 unspecified atom stereocenters. The third-order valence-corrected chi connectivity index (χ3v) is 8.23. The Bertz CT molecular complexity index is 1400. The highest BCUT2D eigenvalue weighted by atomic mass is 32.2. The number of carbonyl (C=O) groups is 3. The van der Waals surface area contributed by atoms with Gasteiger partial charge in [0.25, 0.3) is 11.8 Å². The molecule has 3 heterocycles. The molecule has 2 aliphatic heterocycles. The van der Waals surface area contributed by atoms with Crippen LogP contribution in [-0.2, 0) is 11.2 Å². The number of carbonyl (C=O) groups excluding carboxylic acids is 3. The number of aryl methyl sites for hydroxylation is 1. The van der Waals surface area contributed by atoms with E-state index in [0.29, 0.717) is 37.2 Å². The average Bonchev–Trinajstić information content (AvgIpc) is 3.48. The summed E-state index contributed by atoms with van der Waals surface area (Å²) >= 11 is 3.14. The maximum Gasteiger partial charge on any atom is 0.277 e. The van der Waals surface area contributed by atoms with Crippen LogP contribution in [0.4, 0.5) is 11.4 Å². The summed E-state index contributed by atoms with van der Waals surface area (Å²) in [7, 11) is 0. The second-order valence-electron chi connectivity index (χ2n) is 8.82. The van der Waals surface area contributed by atoms with E-state index in [-0.39, 0.29) is 17.5 Å². The van der Waals surface area contributed by atoms with Crippen LogP contribution in [0.3, 0.4) is 0 Å². The van der Waals surface area contributed by atoms with Crippen molar-refractivity contribution in [2.45, 2.75) is 36.0 Å². The van der Waals surface area contributed by atoms with Gasteiger partial charge in [-0.25, -0.2) is 4.68 Å². The molecular weight excluding hydrogens is 494 g/mol. The van der Waals surface area contributed by atoms with Gasteiger partial charge in [0.15, 0.2) is 5.69 Å². The van der Waals surface area contributed by atoms with E-state index in [1.165, 1.54) is 0 Å². The third-order valence-electron chi connectivity index (χ3n) is 6.72. The molecule has 3 amide bonds. The van der Waals surface area contributed by atoms with Gasteiger partial charge in [0.1, 0.15) is 5.69 Å². The van der Waals surface area contributed by atoms with Gasteiger partial charge in [0, 0.05) is 46.2 Å². The lowest BCUT2D eigenvalue weighted by Crippen LogP contribution is -2.39. The Labute approximate surface area is 218 Å². The fourth-order valence-corrected chi connectivity index (χ4v) is 5.95. The first-order chi connectivity index (χ1) is 17.3. The fourth-order valence-electron chi connectivity index (χ4n) is 4.95. The Kier molecular flexibility index (Phi) is 6.57. The molecule has 0 saturated carbocycles. The Morgan fingerprint density at radius 1 is 0.972 bits per heavy atom. The van der Waals surface area contributed by atoms with Gasteiger partial charge < -0.3 is 15.5 Å². The van der Waals surface area contributed by atoms with Gasteiger partial charge in [-0.3, -0.25) is 14.4 Å². The predicted octanol–water partition coefficient (Wildman–Crippen LogP) is 4.05. The summed E-state index contributed by atoms with van der Waals surface area (Å²) in [6.45, 7) is 3.07. The van der Waals surface area contributed by atoms with E-state index in [0.717, 1.165) is 38.8 Å². The summed E-state index contributed by atoms with van der Waals surface area (Å²) in [5.74, 6) is -0.750. The first-order valence-corrected chi connectivity index (χ1v) is 14.2. The fraction of sp³-hybridized carbons (Fsp3) is 0.308. The van der Waals surface area contributed by atoms with Gasteiger partial charge in [-0.05, 0) is 74.2 Å². The number of nitrogens with two attached hydrogens (primary N) is 1. The van der Waals surface area contributed by atoms with E-state index in [1.54, 1.807) is 33.1 Å². The number of primary amides is 1. The van der Waals surface area contributed by atoms with Gasteiger partial charge in [-0.2, -0.15) is 5.10 Å². The molecule has 0 radical (unpaired) electrons. The first-order valence-electron chi connectivity index (χ1n) is 11.7. The summed E-state index contributed by atoms with van der Waals surface area (Å²) in [6.07, 6.45) is 5.83. The Balaban J connectivity index is 1.59. The minimum atomic E-state index is -0.645. The van der Waals surface area contributed by atoms with Crippen molar-refractivity contribution in [2.75, 3.05) is 35.4 Å². The highest BCUT2D eigenvalue weighted by molar-refractivity contribution is 7.99. The predicted molar refractivity (Wildman–Crippen MR) is 144 cm³/mol. The van der Waals surface area contributed by atoms with Crippen molar-refractivity contribution in [1.29, 1.82) is 0 Å². The van der Waals surface area contributed by atoms with Crippen molar-refractivity contribution >= 4 is 52.6 Å². The quantitative estimate of drug-likeness (QED) is 0.491. The lowest BCUT2D eigenvalue weighted by atomic mass is 10.0. The second-order valence-corrected chi connectivity index (χ2v) is 10.5. The smallest absolute Gasteiger partial charge is 0.277 e. The topological polar surface area (TPSA) is 102 Å². The van der Waals surface area contributed by atoms with Gasteiger partial charge in [0.2, 0.25) is 5.91 Å². The van der Waals surface area contributed by atoms with Gasteiger partial charge in [-0.1, -0.05) is 0 Å². The van der Waals surface area contributed by atoms with Crippen LogP contribution in [0.5, 0.6) is 0 Å². The van der Waals surface area contributed by atoms with Crippen molar-refractivity contribution in [3.05, 3.63) is 58.9 Å². The molecule has 0 spiro atoms. The van der Waals surface area contributed by atoms with Crippen molar-refractivity contribution in [3.8, 4) is 5.69 Å². The van der Waals surface area contributed by atoms with Crippen molar-refractivity contribution < 1.29 is 14.4 Å². The van der Waals surface area contributed by atoms with E-state index in [9.17, 15) is 14.4 Å². The van der Waals surface area contributed by atoms with Crippen LogP contribution in [0.25, 0.3) is 5.69 Å². The monoisotopic (exact) mass is 521 g/mol. The number of hydrogen-bond acceptors (Lipinski definition) is 6. The average molecular weight is 522 g/mol. The molecule has 2 N–H and O–H groups in total. The number of nitrogens with zero attached hydrogens (tertiary/aromatic N) is 4. The molecule has 3 aromatic rings. The van der Waals surface area contributed by atoms with Crippen LogP contribution in [0, 0.1) is 6.92 Å². The molecule has 10 heteroatoms. The van der Waals surface area contributed by atoms with Crippen LogP contribution >= 0.6 is 23.5 Å².